The molecule has 0 bridgehead atoms. The van der Waals surface area contributed by atoms with Crippen LogP contribution in [-0.4, -0.2) is 23.7 Å². The number of carbonyl (C=O) groups excluding carboxylic acids is 2. The minimum atomic E-state index is -0.341. The van der Waals surface area contributed by atoms with Gasteiger partial charge in [-0.1, -0.05) is 19.9 Å². The summed E-state index contributed by atoms with van der Waals surface area (Å²) in [6.45, 7) is 6.36. The van der Waals surface area contributed by atoms with E-state index < -0.39 is 0 Å². The molecule has 1 aliphatic carbocycles. The van der Waals surface area contributed by atoms with Crippen LogP contribution in [0.2, 0.25) is 0 Å². The van der Waals surface area contributed by atoms with Crippen molar-refractivity contribution in [1.29, 1.82) is 0 Å². The van der Waals surface area contributed by atoms with Crippen molar-refractivity contribution in [1.82, 2.24) is 0 Å². The molecule has 1 aromatic carbocycles. The van der Waals surface area contributed by atoms with Gasteiger partial charge in [-0.15, -0.1) is 23.1 Å². The first kappa shape index (κ1) is 19.0. The molecule has 6 heteroatoms. The summed E-state index contributed by atoms with van der Waals surface area (Å²) >= 11 is 3.22. The van der Waals surface area contributed by atoms with Gasteiger partial charge in [0.15, 0.2) is 0 Å². The van der Waals surface area contributed by atoms with E-state index in [2.05, 4.69) is 19.2 Å². The molecule has 26 heavy (non-hydrogen) atoms. The molecule has 0 unspecified atom stereocenters. The van der Waals surface area contributed by atoms with Crippen molar-refractivity contribution in [3.8, 4) is 0 Å². The van der Waals surface area contributed by atoms with Crippen LogP contribution in [0.15, 0.2) is 29.2 Å². The highest BCUT2D eigenvalue weighted by molar-refractivity contribution is 7.99. The van der Waals surface area contributed by atoms with Crippen molar-refractivity contribution >= 4 is 40.0 Å². The van der Waals surface area contributed by atoms with Gasteiger partial charge in [0, 0.05) is 20.6 Å². The Morgan fingerprint density at radius 2 is 2.12 bits per heavy atom. The molecule has 0 aliphatic heterocycles. The van der Waals surface area contributed by atoms with E-state index in [0.717, 1.165) is 29.7 Å². The van der Waals surface area contributed by atoms with Gasteiger partial charge in [-0.25, -0.2) is 4.79 Å². The van der Waals surface area contributed by atoms with Crippen LogP contribution in [0.4, 0.5) is 5.00 Å². The maximum absolute atomic E-state index is 12.7. The van der Waals surface area contributed by atoms with E-state index in [1.54, 1.807) is 24.8 Å². The van der Waals surface area contributed by atoms with Crippen LogP contribution in [0.5, 0.6) is 0 Å². The number of thioether (sulfide) groups is 1. The Hall–Kier alpha value is -1.79. The molecular weight excluding hydrogens is 366 g/mol. The molecule has 0 spiro atoms. The highest BCUT2D eigenvalue weighted by Gasteiger charge is 2.28. The normalized spacial score (nSPS) is 12.9. The number of amides is 1. The summed E-state index contributed by atoms with van der Waals surface area (Å²) in [5.41, 5.74) is 2.19. The van der Waals surface area contributed by atoms with E-state index in [0.29, 0.717) is 28.0 Å². The summed E-state index contributed by atoms with van der Waals surface area (Å²) in [6.07, 6.45) is 2.88. The van der Waals surface area contributed by atoms with E-state index in [4.69, 9.17) is 4.74 Å². The average molecular weight is 390 g/mol. The third kappa shape index (κ3) is 4.13. The third-order valence-corrected chi connectivity index (χ3v) is 6.30. The molecule has 1 heterocycles. The molecule has 1 aromatic heterocycles. The second kappa shape index (κ2) is 8.27. The molecule has 1 amide bonds. The van der Waals surface area contributed by atoms with Gasteiger partial charge >= 0.3 is 5.97 Å². The number of fused-ring (bicyclic) bond motifs is 1. The Labute approximate surface area is 162 Å². The molecule has 0 saturated heterocycles. The quantitative estimate of drug-likeness (QED) is 0.547. The summed E-state index contributed by atoms with van der Waals surface area (Å²) in [4.78, 5) is 27.4. The van der Waals surface area contributed by atoms with Crippen LogP contribution in [0, 0.1) is 0 Å². The molecule has 1 aliphatic rings. The maximum atomic E-state index is 12.7. The Balaban J connectivity index is 1.85. The number of hydrogen-bond acceptors (Lipinski definition) is 5. The van der Waals surface area contributed by atoms with Crippen molar-refractivity contribution in [2.75, 3.05) is 11.9 Å². The molecule has 0 saturated carbocycles. The number of aryl methyl sites for hydroxylation is 1. The predicted molar refractivity (Wildman–Crippen MR) is 108 cm³/mol. The lowest BCUT2D eigenvalue weighted by molar-refractivity contribution is 0.0527. The number of hydrogen-bond donors (Lipinski definition) is 1. The summed E-state index contributed by atoms with van der Waals surface area (Å²) in [5.74, 6) is -0.534. The number of benzene rings is 1. The van der Waals surface area contributed by atoms with Gasteiger partial charge < -0.3 is 10.1 Å². The van der Waals surface area contributed by atoms with Crippen molar-refractivity contribution in [3.05, 3.63) is 45.8 Å². The van der Waals surface area contributed by atoms with E-state index in [1.807, 2.05) is 18.2 Å². The Kier molecular flexibility index (Phi) is 6.04. The first-order chi connectivity index (χ1) is 12.5. The van der Waals surface area contributed by atoms with Crippen LogP contribution in [0.3, 0.4) is 0 Å². The second-order valence-electron chi connectivity index (χ2n) is 6.43. The zero-order valence-corrected chi connectivity index (χ0v) is 16.9. The zero-order valence-electron chi connectivity index (χ0n) is 15.3. The monoisotopic (exact) mass is 389 g/mol. The lowest BCUT2D eigenvalue weighted by atomic mass is 10.1. The van der Waals surface area contributed by atoms with Gasteiger partial charge in [-0.3, -0.25) is 4.79 Å². The Morgan fingerprint density at radius 3 is 2.85 bits per heavy atom. The minimum absolute atomic E-state index is 0.193. The van der Waals surface area contributed by atoms with Gasteiger partial charge in [-0.05, 0) is 49.9 Å². The molecule has 2 aromatic rings. The molecule has 4 nitrogen and oxygen atoms in total. The van der Waals surface area contributed by atoms with Crippen LogP contribution in [0.25, 0.3) is 0 Å². The smallest absolute Gasteiger partial charge is 0.341 e. The van der Waals surface area contributed by atoms with E-state index in [1.165, 1.54) is 16.2 Å². The minimum Gasteiger partial charge on any atom is -0.462 e. The van der Waals surface area contributed by atoms with Crippen molar-refractivity contribution in [3.63, 3.8) is 0 Å². The lowest BCUT2D eigenvalue weighted by Crippen LogP contribution is -2.15. The average Bonchev–Trinajstić information content (AvgIpc) is 3.15. The molecule has 3 rings (SSSR count). The first-order valence-corrected chi connectivity index (χ1v) is 10.6. The van der Waals surface area contributed by atoms with Crippen LogP contribution in [0.1, 0.15) is 58.3 Å². The first-order valence-electron chi connectivity index (χ1n) is 8.89. The van der Waals surface area contributed by atoms with Gasteiger partial charge in [0.25, 0.3) is 5.91 Å². The number of rotatable bonds is 6. The number of carbonyl (C=O) groups is 2. The lowest BCUT2D eigenvalue weighted by Gasteiger charge is -2.09. The highest BCUT2D eigenvalue weighted by Crippen LogP contribution is 2.39. The summed E-state index contributed by atoms with van der Waals surface area (Å²) in [7, 11) is 0. The fraction of sp³-hybridized carbons (Fsp3) is 0.400. The van der Waals surface area contributed by atoms with E-state index >= 15 is 0 Å². The van der Waals surface area contributed by atoms with E-state index in [9.17, 15) is 9.59 Å². The molecule has 138 valence electrons. The Morgan fingerprint density at radius 1 is 1.31 bits per heavy atom. The van der Waals surface area contributed by atoms with Gasteiger partial charge in [0.2, 0.25) is 0 Å². The number of thiophene rings is 1. The van der Waals surface area contributed by atoms with Crippen molar-refractivity contribution in [2.45, 2.75) is 50.2 Å². The zero-order chi connectivity index (χ0) is 18.7. The molecule has 1 N–H and O–H groups in total. The van der Waals surface area contributed by atoms with Crippen LogP contribution < -0.4 is 5.32 Å². The fourth-order valence-corrected chi connectivity index (χ4v) is 5.24. The van der Waals surface area contributed by atoms with Gasteiger partial charge in [0.1, 0.15) is 5.00 Å². The molecule has 0 radical (unpaired) electrons. The third-order valence-electron chi connectivity index (χ3n) is 4.10. The molecule has 0 fully saturated rings. The van der Waals surface area contributed by atoms with Crippen molar-refractivity contribution in [2.24, 2.45) is 0 Å². The summed E-state index contributed by atoms with van der Waals surface area (Å²) in [6, 6.07) is 7.59. The highest BCUT2D eigenvalue weighted by atomic mass is 32.2. The molecular formula is C20H23NO3S2. The van der Waals surface area contributed by atoms with Gasteiger partial charge in [0.05, 0.1) is 12.2 Å². The Bertz CT molecular complexity index is 826. The number of anilines is 1. The second-order valence-corrected chi connectivity index (χ2v) is 9.19. The number of esters is 1. The number of ether oxygens (including phenoxy) is 1. The maximum Gasteiger partial charge on any atom is 0.341 e. The summed E-state index contributed by atoms with van der Waals surface area (Å²) in [5, 5.41) is 4.00. The summed E-state index contributed by atoms with van der Waals surface area (Å²) < 4.78 is 5.22. The SMILES string of the molecule is CCOC(=O)c1c(NC(=O)c2cccc(SC(C)C)c2)sc2c1CCC2. The standard InChI is InChI=1S/C20H23NO3S2/c1-4-24-20(23)17-15-9-6-10-16(15)26-19(17)21-18(22)13-7-5-8-14(11-13)25-12(2)3/h5,7-8,11-12H,4,6,9-10H2,1-3H3,(H,21,22). The number of nitrogens with one attached hydrogen (secondary N) is 1. The molecule has 0 atom stereocenters. The van der Waals surface area contributed by atoms with Crippen LogP contribution >= 0.6 is 23.1 Å². The van der Waals surface area contributed by atoms with E-state index in [-0.39, 0.29) is 11.9 Å². The van der Waals surface area contributed by atoms with Crippen molar-refractivity contribution < 1.29 is 14.3 Å². The fourth-order valence-electron chi connectivity index (χ4n) is 3.07. The topological polar surface area (TPSA) is 55.4 Å². The largest absolute Gasteiger partial charge is 0.462 e. The van der Waals surface area contributed by atoms with Crippen LogP contribution in [-0.2, 0) is 17.6 Å². The predicted octanol–water partition coefficient (Wildman–Crippen LogP) is 5.17. The van der Waals surface area contributed by atoms with Gasteiger partial charge in [-0.2, -0.15) is 0 Å².